The van der Waals surface area contributed by atoms with Gasteiger partial charge in [-0.3, -0.25) is 4.79 Å². The van der Waals surface area contributed by atoms with Crippen LogP contribution in [-0.4, -0.2) is 28.0 Å². The van der Waals surface area contributed by atoms with Crippen LogP contribution >= 0.6 is 0 Å². The summed E-state index contributed by atoms with van der Waals surface area (Å²) in [6.45, 7) is 5.50. The average molecular weight is 322 g/mol. The molecule has 2 heterocycles. The number of carbonyl (C=O) groups is 1. The number of nitrogens with zero attached hydrogens (tertiary/aromatic N) is 2. The van der Waals surface area contributed by atoms with Gasteiger partial charge in [-0.15, -0.1) is 6.58 Å². The van der Waals surface area contributed by atoms with Gasteiger partial charge in [-0.2, -0.15) is 0 Å². The van der Waals surface area contributed by atoms with E-state index < -0.39 is 0 Å². The summed E-state index contributed by atoms with van der Waals surface area (Å²) in [5.41, 5.74) is 1.98. The largest absolute Gasteiger partial charge is 0.343 e. The van der Waals surface area contributed by atoms with Crippen LogP contribution in [0.4, 0.5) is 0 Å². The van der Waals surface area contributed by atoms with E-state index in [1.165, 1.54) is 32.1 Å². The minimum Gasteiger partial charge on any atom is -0.343 e. The van der Waals surface area contributed by atoms with Gasteiger partial charge in [0.2, 0.25) is 0 Å². The lowest BCUT2D eigenvalue weighted by atomic mass is 9.78. The van der Waals surface area contributed by atoms with E-state index in [4.69, 9.17) is 0 Å². The highest BCUT2D eigenvalue weighted by atomic mass is 16.2. The summed E-state index contributed by atoms with van der Waals surface area (Å²) in [6.07, 6.45) is 11.4. The van der Waals surface area contributed by atoms with Crippen molar-refractivity contribution in [1.82, 2.24) is 9.47 Å². The van der Waals surface area contributed by atoms with E-state index in [2.05, 4.69) is 28.2 Å². The molecule has 126 valence electrons. The first-order valence-electron chi connectivity index (χ1n) is 9.29. The molecule has 24 heavy (non-hydrogen) atoms. The van der Waals surface area contributed by atoms with Crippen molar-refractivity contribution in [2.45, 2.75) is 51.1 Å². The van der Waals surface area contributed by atoms with E-state index in [-0.39, 0.29) is 5.91 Å². The van der Waals surface area contributed by atoms with Crippen molar-refractivity contribution >= 4 is 16.8 Å². The minimum absolute atomic E-state index is 0.227. The second kappa shape index (κ2) is 6.46. The van der Waals surface area contributed by atoms with Gasteiger partial charge in [0, 0.05) is 36.2 Å². The van der Waals surface area contributed by atoms with Crippen molar-refractivity contribution < 1.29 is 4.79 Å². The fourth-order valence-electron chi connectivity index (χ4n) is 4.74. The van der Waals surface area contributed by atoms with E-state index in [0.717, 1.165) is 41.9 Å². The van der Waals surface area contributed by atoms with Gasteiger partial charge >= 0.3 is 0 Å². The number of fused-ring (bicyclic) bond motifs is 2. The van der Waals surface area contributed by atoms with Crippen LogP contribution in [-0.2, 0) is 6.54 Å². The lowest BCUT2D eigenvalue weighted by Crippen LogP contribution is -2.49. The second-order valence-corrected chi connectivity index (χ2v) is 7.25. The number of hydrogen-bond donors (Lipinski definition) is 0. The predicted molar refractivity (Wildman–Crippen MR) is 98.2 cm³/mol. The van der Waals surface area contributed by atoms with Crippen molar-refractivity contribution in [3.8, 4) is 0 Å². The maximum Gasteiger partial charge on any atom is 0.256 e. The fourth-order valence-corrected chi connectivity index (χ4v) is 4.74. The van der Waals surface area contributed by atoms with Gasteiger partial charge in [-0.1, -0.05) is 37.1 Å². The molecule has 0 radical (unpaired) electrons. The molecule has 0 spiro atoms. The average Bonchev–Trinajstić information content (AvgIpc) is 3.00. The van der Waals surface area contributed by atoms with Gasteiger partial charge < -0.3 is 9.47 Å². The topological polar surface area (TPSA) is 25.2 Å². The van der Waals surface area contributed by atoms with E-state index in [0.29, 0.717) is 6.04 Å². The van der Waals surface area contributed by atoms with Crippen molar-refractivity contribution in [2.24, 2.45) is 5.92 Å². The summed E-state index contributed by atoms with van der Waals surface area (Å²) in [6, 6.07) is 8.69. The number of aromatic nitrogens is 1. The SMILES string of the molecule is C=CCn1cc(C(=O)N2CCC[C@H]3CCCC[C@H]32)c2ccccc21. The van der Waals surface area contributed by atoms with Gasteiger partial charge in [-0.25, -0.2) is 0 Å². The molecular weight excluding hydrogens is 296 g/mol. The van der Waals surface area contributed by atoms with Crippen molar-refractivity contribution in [3.63, 3.8) is 0 Å². The monoisotopic (exact) mass is 322 g/mol. The summed E-state index contributed by atoms with van der Waals surface area (Å²) in [5, 5.41) is 1.07. The number of amides is 1. The molecule has 1 aliphatic heterocycles. The van der Waals surface area contributed by atoms with Gasteiger partial charge in [0.1, 0.15) is 0 Å². The Morgan fingerprint density at radius 1 is 1.17 bits per heavy atom. The Hall–Kier alpha value is -2.03. The number of piperidine rings is 1. The minimum atomic E-state index is 0.227. The number of para-hydroxylation sites is 1. The third-order valence-corrected chi connectivity index (χ3v) is 5.85. The van der Waals surface area contributed by atoms with Crippen molar-refractivity contribution in [3.05, 3.63) is 48.7 Å². The molecule has 2 fully saturated rings. The van der Waals surface area contributed by atoms with E-state index in [1.807, 2.05) is 24.4 Å². The highest BCUT2D eigenvalue weighted by Gasteiger charge is 2.36. The lowest BCUT2D eigenvalue weighted by molar-refractivity contribution is 0.0392. The van der Waals surface area contributed by atoms with Crippen LogP contribution in [0.1, 0.15) is 48.9 Å². The number of benzene rings is 1. The van der Waals surface area contributed by atoms with Crippen LogP contribution in [0.25, 0.3) is 10.9 Å². The van der Waals surface area contributed by atoms with Crippen LogP contribution in [0, 0.1) is 5.92 Å². The van der Waals surface area contributed by atoms with Crippen LogP contribution in [0.3, 0.4) is 0 Å². The molecule has 1 aliphatic carbocycles. The Kier molecular flexibility index (Phi) is 4.17. The standard InChI is InChI=1S/C21H26N2O/c1-2-13-22-15-18(17-10-4-6-12-20(17)22)21(24)23-14-7-9-16-8-3-5-11-19(16)23/h2,4,6,10,12,15-16,19H,1,3,5,7-9,11,13-14H2/t16-,19-/m1/s1. The van der Waals surface area contributed by atoms with E-state index in [1.54, 1.807) is 0 Å². The quantitative estimate of drug-likeness (QED) is 0.757. The highest BCUT2D eigenvalue weighted by Crippen LogP contribution is 2.36. The van der Waals surface area contributed by atoms with Crippen LogP contribution < -0.4 is 0 Å². The van der Waals surface area contributed by atoms with Gasteiger partial charge in [0.05, 0.1) is 5.56 Å². The maximum atomic E-state index is 13.4. The number of allylic oxidation sites excluding steroid dienone is 1. The molecule has 0 N–H and O–H groups in total. The van der Waals surface area contributed by atoms with Gasteiger partial charge in [0.15, 0.2) is 0 Å². The van der Waals surface area contributed by atoms with Crippen molar-refractivity contribution in [2.75, 3.05) is 6.54 Å². The summed E-state index contributed by atoms with van der Waals surface area (Å²) < 4.78 is 2.14. The zero-order valence-electron chi connectivity index (χ0n) is 14.3. The van der Waals surface area contributed by atoms with Gasteiger partial charge in [0.25, 0.3) is 5.91 Å². The lowest BCUT2D eigenvalue weighted by Gasteiger charge is -2.44. The molecule has 4 rings (SSSR count). The molecule has 3 heteroatoms. The Morgan fingerprint density at radius 2 is 1.96 bits per heavy atom. The summed E-state index contributed by atoms with van der Waals surface area (Å²) in [4.78, 5) is 15.6. The summed E-state index contributed by atoms with van der Waals surface area (Å²) in [7, 11) is 0. The molecule has 1 saturated carbocycles. The van der Waals surface area contributed by atoms with Crippen molar-refractivity contribution in [1.29, 1.82) is 0 Å². The van der Waals surface area contributed by atoms with E-state index in [9.17, 15) is 4.79 Å². The fraction of sp³-hybridized carbons (Fsp3) is 0.476. The molecule has 1 aromatic heterocycles. The number of carbonyl (C=O) groups excluding carboxylic acids is 1. The van der Waals surface area contributed by atoms with Crippen LogP contribution in [0.2, 0.25) is 0 Å². The Morgan fingerprint density at radius 3 is 2.83 bits per heavy atom. The first kappa shape index (κ1) is 15.5. The summed E-state index contributed by atoms with van der Waals surface area (Å²) in [5.74, 6) is 0.948. The zero-order chi connectivity index (χ0) is 16.5. The molecule has 0 bridgehead atoms. The molecule has 2 aliphatic rings. The molecule has 1 aromatic carbocycles. The first-order chi connectivity index (χ1) is 11.8. The molecule has 2 aromatic rings. The second-order valence-electron chi connectivity index (χ2n) is 7.25. The Balaban J connectivity index is 1.71. The number of rotatable bonds is 3. The highest BCUT2D eigenvalue weighted by molar-refractivity contribution is 6.07. The first-order valence-corrected chi connectivity index (χ1v) is 9.29. The smallest absolute Gasteiger partial charge is 0.256 e. The molecule has 1 saturated heterocycles. The third-order valence-electron chi connectivity index (χ3n) is 5.85. The molecule has 1 amide bonds. The number of hydrogen-bond acceptors (Lipinski definition) is 1. The number of likely N-dealkylation sites (tertiary alicyclic amines) is 1. The predicted octanol–water partition coefficient (Wildman–Crippen LogP) is 4.62. The third kappa shape index (κ3) is 2.56. The van der Waals surface area contributed by atoms with Crippen LogP contribution in [0.15, 0.2) is 43.1 Å². The molecule has 2 atom stereocenters. The Bertz CT molecular complexity index is 758. The molecule has 3 nitrogen and oxygen atoms in total. The maximum absolute atomic E-state index is 13.4. The normalized spacial score (nSPS) is 23.9. The Labute approximate surface area is 143 Å². The van der Waals surface area contributed by atoms with Gasteiger partial charge in [-0.05, 0) is 37.7 Å². The molecular formula is C21H26N2O. The van der Waals surface area contributed by atoms with Crippen LogP contribution in [0.5, 0.6) is 0 Å². The van der Waals surface area contributed by atoms with E-state index >= 15 is 0 Å². The zero-order valence-corrected chi connectivity index (χ0v) is 14.3. The summed E-state index contributed by atoms with van der Waals surface area (Å²) >= 11 is 0. The molecule has 0 unspecified atom stereocenters.